The Hall–Kier alpha value is -4.11. The van der Waals surface area contributed by atoms with Crippen LogP contribution in [0.1, 0.15) is 35.6 Å². The molecule has 4 aromatic rings. The topological polar surface area (TPSA) is 113 Å². The number of para-hydroxylation sites is 2. The van der Waals surface area contributed by atoms with Crippen molar-refractivity contribution in [2.45, 2.75) is 24.3 Å². The molecule has 1 aromatic heterocycles. The first-order valence-corrected chi connectivity index (χ1v) is 12.6. The Labute approximate surface area is 204 Å². The number of hydrogen-bond donors (Lipinski definition) is 3. The summed E-state index contributed by atoms with van der Waals surface area (Å²) in [6.45, 7) is 1.95. The number of benzene rings is 3. The number of carbonyl (C=O) groups excluding carboxylic acids is 1. The minimum atomic E-state index is -3.86. The SMILES string of the molecule is CCC(NC(=O)c1ccc(S(=O)(=O)Nc2ccccc2OC)cc1)c1ncc(-c2ccccc2)[nH]1. The average Bonchev–Trinajstić information content (AvgIpc) is 3.38. The van der Waals surface area contributed by atoms with Crippen LogP contribution in [0.3, 0.4) is 0 Å². The molecule has 0 aliphatic carbocycles. The minimum absolute atomic E-state index is 0.0329. The van der Waals surface area contributed by atoms with Gasteiger partial charge >= 0.3 is 0 Å². The first-order chi connectivity index (χ1) is 16.9. The number of nitrogens with one attached hydrogen (secondary N) is 3. The number of sulfonamides is 1. The molecule has 8 nitrogen and oxygen atoms in total. The van der Waals surface area contributed by atoms with Crippen molar-refractivity contribution in [3.63, 3.8) is 0 Å². The molecule has 4 rings (SSSR count). The number of methoxy groups -OCH3 is 1. The van der Waals surface area contributed by atoms with Gasteiger partial charge in [-0.2, -0.15) is 0 Å². The van der Waals surface area contributed by atoms with Gasteiger partial charge in [0, 0.05) is 5.56 Å². The molecular formula is C26H26N4O4S. The lowest BCUT2D eigenvalue weighted by Gasteiger charge is -2.15. The van der Waals surface area contributed by atoms with Crippen LogP contribution < -0.4 is 14.8 Å². The van der Waals surface area contributed by atoms with Crippen molar-refractivity contribution >= 4 is 21.6 Å². The summed E-state index contributed by atoms with van der Waals surface area (Å²) in [5.74, 6) is 0.738. The number of anilines is 1. The smallest absolute Gasteiger partial charge is 0.262 e. The molecule has 0 aliphatic rings. The van der Waals surface area contributed by atoms with Crippen molar-refractivity contribution in [1.82, 2.24) is 15.3 Å². The summed E-state index contributed by atoms with van der Waals surface area (Å²) in [7, 11) is -2.39. The number of rotatable bonds is 9. The Morgan fingerprint density at radius 1 is 1.00 bits per heavy atom. The zero-order valence-corrected chi connectivity index (χ0v) is 20.2. The predicted molar refractivity (Wildman–Crippen MR) is 135 cm³/mol. The third kappa shape index (κ3) is 5.52. The fourth-order valence-electron chi connectivity index (χ4n) is 3.60. The standard InChI is InChI=1S/C26H26N4O4S/c1-3-21(25-27-17-23(28-25)18-9-5-4-6-10-18)29-26(31)19-13-15-20(16-14-19)35(32,33)30-22-11-7-8-12-24(22)34-2/h4-17,21,30H,3H2,1-2H3,(H,27,28)(H,29,31). The predicted octanol–water partition coefficient (Wildman–Crippen LogP) is 4.77. The van der Waals surface area contributed by atoms with Gasteiger partial charge < -0.3 is 15.0 Å². The Morgan fingerprint density at radius 2 is 1.69 bits per heavy atom. The number of carbonyl (C=O) groups is 1. The van der Waals surface area contributed by atoms with E-state index in [0.717, 1.165) is 11.3 Å². The van der Waals surface area contributed by atoms with Crippen molar-refractivity contribution in [2.75, 3.05) is 11.8 Å². The molecule has 0 spiro atoms. The van der Waals surface area contributed by atoms with Gasteiger partial charge in [0.25, 0.3) is 15.9 Å². The van der Waals surface area contributed by atoms with E-state index in [1.807, 2.05) is 37.3 Å². The summed E-state index contributed by atoms with van der Waals surface area (Å²) in [5, 5.41) is 2.96. The first kappa shape index (κ1) is 24.0. The van der Waals surface area contributed by atoms with Gasteiger partial charge in [-0.05, 0) is 48.4 Å². The second kappa shape index (κ2) is 10.4. The summed E-state index contributed by atoms with van der Waals surface area (Å²) < 4.78 is 33.3. The number of hydrogen-bond acceptors (Lipinski definition) is 5. The van der Waals surface area contributed by atoms with Gasteiger partial charge in [0.05, 0.1) is 35.6 Å². The van der Waals surface area contributed by atoms with Crippen LogP contribution in [-0.4, -0.2) is 31.4 Å². The Morgan fingerprint density at radius 3 is 2.37 bits per heavy atom. The summed E-state index contributed by atoms with van der Waals surface area (Å²) in [5.41, 5.74) is 2.54. The van der Waals surface area contributed by atoms with Crippen LogP contribution in [0.2, 0.25) is 0 Å². The largest absolute Gasteiger partial charge is 0.495 e. The van der Waals surface area contributed by atoms with Gasteiger partial charge in [-0.25, -0.2) is 13.4 Å². The summed E-state index contributed by atoms with van der Waals surface area (Å²) in [4.78, 5) is 20.6. The lowest BCUT2D eigenvalue weighted by molar-refractivity contribution is 0.0933. The van der Waals surface area contributed by atoms with E-state index in [1.54, 1.807) is 30.5 Å². The molecular weight excluding hydrogens is 464 g/mol. The number of H-pyrrole nitrogens is 1. The van der Waals surface area contributed by atoms with Gasteiger partial charge in [-0.1, -0.05) is 49.4 Å². The Kier molecular flexibility index (Phi) is 7.17. The summed E-state index contributed by atoms with van der Waals surface area (Å²) in [6.07, 6.45) is 2.37. The van der Waals surface area contributed by atoms with Crippen molar-refractivity contribution < 1.29 is 17.9 Å². The molecule has 180 valence electrons. The lowest BCUT2D eigenvalue weighted by Crippen LogP contribution is -2.29. The van der Waals surface area contributed by atoms with Crippen LogP contribution in [0, 0.1) is 0 Å². The molecule has 1 unspecified atom stereocenters. The van der Waals surface area contributed by atoms with E-state index < -0.39 is 10.0 Å². The lowest BCUT2D eigenvalue weighted by atomic mass is 10.1. The highest BCUT2D eigenvalue weighted by molar-refractivity contribution is 7.92. The van der Waals surface area contributed by atoms with Crippen molar-refractivity contribution in [2.24, 2.45) is 0 Å². The van der Waals surface area contributed by atoms with Crippen LogP contribution >= 0.6 is 0 Å². The molecule has 1 heterocycles. The van der Waals surface area contributed by atoms with Crippen LogP contribution in [0.4, 0.5) is 5.69 Å². The number of imidazole rings is 1. The molecule has 0 saturated heterocycles. The molecule has 0 radical (unpaired) electrons. The first-order valence-electron chi connectivity index (χ1n) is 11.1. The molecule has 9 heteroatoms. The number of ether oxygens (including phenoxy) is 1. The van der Waals surface area contributed by atoms with Gasteiger partial charge in [0.15, 0.2) is 0 Å². The molecule has 0 fully saturated rings. The number of aromatic nitrogens is 2. The maximum atomic E-state index is 12.9. The van der Waals surface area contributed by atoms with Crippen molar-refractivity contribution in [3.05, 3.63) is 96.4 Å². The fraction of sp³-hybridized carbons (Fsp3) is 0.154. The van der Waals surface area contributed by atoms with Gasteiger partial charge in [-0.15, -0.1) is 0 Å². The monoisotopic (exact) mass is 490 g/mol. The van der Waals surface area contributed by atoms with Crippen LogP contribution in [0.15, 0.2) is 90.0 Å². The third-order valence-corrected chi connectivity index (χ3v) is 6.88. The van der Waals surface area contributed by atoms with E-state index in [9.17, 15) is 13.2 Å². The van der Waals surface area contributed by atoms with E-state index in [-0.39, 0.29) is 16.8 Å². The van der Waals surface area contributed by atoms with Gasteiger partial charge in [-0.3, -0.25) is 9.52 Å². The van der Waals surface area contributed by atoms with Crippen molar-refractivity contribution in [1.29, 1.82) is 0 Å². The van der Waals surface area contributed by atoms with E-state index in [2.05, 4.69) is 20.0 Å². The van der Waals surface area contributed by atoms with E-state index in [1.165, 1.54) is 31.4 Å². The van der Waals surface area contributed by atoms with Gasteiger partial charge in [0.2, 0.25) is 0 Å². The molecule has 0 saturated carbocycles. The minimum Gasteiger partial charge on any atom is -0.495 e. The highest BCUT2D eigenvalue weighted by atomic mass is 32.2. The highest BCUT2D eigenvalue weighted by Crippen LogP contribution is 2.26. The maximum absolute atomic E-state index is 12.9. The summed E-state index contributed by atoms with van der Waals surface area (Å²) in [6, 6.07) is 22.0. The number of nitrogens with zero attached hydrogens (tertiary/aromatic N) is 1. The van der Waals surface area contributed by atoms with E-state index in [0.29, 0.717) is 29.2 Å². The van der Waals surface area contributed by atoms with Crippen LogP contribution in [0.5, 0.6) is 5.75 Å². The quantitative estimate of drug-likeness (QED) is 0.313. The normalized spacial score (nSPS) is 12.1. The average molecular weight is 491 g/mol. The number of aromatic amines is 1. The zero-order valence-electron chi connectivity index (χ0n) is 19.4. The maximum Gasteiger partial charge on any atom is 0.262 e. The highest BCUT2D eigenvalue weighted by Gasteiger charge is 2.20. The Bertz CT molecular complexity index is 1400. The second-order valence-corrected chi connectivity index (χ2v) is 9.49. The molecule has 1 amide bonds. The van der Waals surface area contributed by atoms with Crippen molar-refractivity contribution in [3.8, 4) is 17.0 Å². The van der Waals surface area contributed by atoms with E-state index in [4.69, 9.17) is 4.74 Å². The van der Waals surface area contributed by atoms with Crippen LogP contribution in [-0.2, 0) is 10.0 Å². The second-order valence-electron chi connectivity index (χ2n) is 7.81. The van der Waals surface area contributed by atoms with E-state index >= 15 is 0 Å². The fourth-order valence-corrected chi connectivity index (χ4v) is 4.67. The third-order valence-electron chi connectivity index (χ3n) is 5.50. The van der Waals surface area contributed by atoms with Gasteiger partial charge in [0.1, 0.15) is 11.6 Å². The molecule has 0 bridgehead atoms. The molecule has 3 N–H and O–H groups in total. The zero-order chi connectivity index (χ0) is 24.8. The Balaban J connectivity index is 1.46. The number of amides is 1. The van der Waals surface area contributed by atoms with Crippen LogP contribution in [0.25, 0.3) is 11.3 Å². The molecule has 0 aliphatic heterocycles. The summed E-state index contributed by atoms with van der Waals surface area (Å²) >= 11 is 0. The molecule has 1 atom stereocenters. The molecule has 3 aromatic carbocycles. The molecule has 35 heavy (non-hydrogen) atoms.